The average Bonchev–Trinajstić information content (AvgIpc) is 2.36. The zero-order valence-electron chi connectivity index (χ0n) is 10.6. The SMILES string of the molecule is COc1ccc(Br)cc1NC(=O)NC(=O)CCC(=O)O. The molecule has 0 atom stereocenters. The summed E-state index contributed by atoms with van der Waals surface area (Å²) in [6, 6.07) is 4.24. The summed E-state index contributed by atoms with van der Waals surface area (Å²) in [5.74, 6) is -1.34. The first-order valence-electron chi connectivity index (χ1n) is 5.58. The van der Waals surface area contributed by atoms with Crippen LogP contribution in [0.3, 0.4) is 0 Å². The topological polar surface area (TPSA) is 105 Å². The Kier molecular flexibility index (Phi) is 5.98. The largest absolute Gasteiger partial charge is 0.495 e. The zero-order valence-corrected chi connectivity index (χ0v) is 12.2. The van der Waals surface area contributed by atoms with Gasteiger partial charge in [0.1, 0.15) is 5.75 Å². The third-order valence-electron chi connectivity index (χ3n) is 2.23. The highest BCUT2D eigenvalue weighted by atomic mass is 79.9. The fourth-order valence-electron chi connectivity index (χ4n) is 1.34. The van der Waals surface area contributed by atoms with Gasteiger partial charge in [0, 0.05) is 10.9 Å². The number of rotatable bonds is 5. The van der Waals surface area contributed by atoms with E-state index in [0.29, 0.717) is 11.4 Å². The van der Waals surface area contributed by atoms with Crippen LogP contribution >= 0.6 is 15.9 Å². The lowest BCUT2D eigenvalue weighted by molar-refractivity contribution is -0.138. The van der Waals surface area contributed by atoms with Crippen LogP contribution in [0, 0.1) is 0 Å². The molecule has 20 heavy (non-hydrogen) atoms. The number of hydrogen-bond acceptors (Lipinski definition) is 4. The second-order valence-corrected chi connectivity index (χ2v) is 4.66. The lowest BCUT2D eigenvalue weighted by atomic mass is 10.3. The molecule has 0 bridgehead atoms. The summed E-state index contributed by atoms with van der Waals surface area (Å²) in [5.41, 5.74) is 0.380. The van der Waals surface area contributed by atoms with Crippen molar-refractivity contribution in [3.8, 4) is 5.75 Å². The van der Waals surface area contributed by atoms with Crippen LogP contribution in [0.2, 0.25) is 0 Å². The molecule has 8 heteroatoms. The molecule has 0 aliphatic rings. The number of carboxylic acids is 1. The number of imide groups is 1. The van der Waals surface area contributed by atoms with Crippen LogP contribution in [-0.2, 0) is 9.59 Å². The first-order chi connectivity index (χ1) is 9.42. The lowest BCUT2D eigenvalue weighted by Crippen LogP contribution is -2.34. The summed E-state index contributed by atoms with van der Waals surface area (Å²) in [4.78, 5) is 33.2. The molecule has 0 aliphatic heterocycles. The molecule has 3 amide bonds. The standard InChI is InChI=1S/C12H13BrN2O5/c1-20-9-3-2-7(13)6-8(9)14-12(19)15-10(16)4-5-11(17)18/h2-3,6H,4-5H2,1H3,(H,17,18)(H2,14,15,16,19). The Labute approximate surface area is 123 Å². The van der Waals surface area contributed by atoms with Crippen molar-refractivity contribution in [3.05, 3.63) is 22.7 Å². The molecular weight excluding hydrogens is 332 g/mol. The Morgan fingerprint density at radius 1 is 1.30 bits per heavy atom. The molecule has 108 valence electrons. The van der Waals surface area contributed by atoms with Gasteiger partial charge >= 0.3 is 12.0 Å². The molecule has 0 aromatic heterocycles. The van der Waals surface area contributed by atoms with Crippen LogP contribution in [0.15, 0.2) is 22.7 Å². The number of carbonyl (C=O) groups excluding carboxylic acids is 2. The highest BCUT2D eigenvalue weighted by Crippen LogP contribution is 2.27. The molecule has 0 saturated heterocycles. The predicted octanol–water partition coefficient (Wildman–Crippen LogP) is 1.97. The fourth-order valence-corrected chi connectivity index (χ4v) is 1.70. The van der Waals surface area contributed by atoms with Gasteiger partial charge in [0.05, 0.1) is 19.2 Å². The number of carboxylic acid groups (broad SMARTS) is 1. The number of halogens is 1. The van der Waals surface area contributed by atoms with E-state index in [9.17, 15) is 14.4 Å². The van der Waals surface area contributed by atoms with Crippen molar-refractivity contribution in [2.45, 2.75) is 12.8 Å². The smallest absolute Gasteiger partial charge is 0.325 e. The maximum Gasteiger partial charge on any atom is 0.325 e. The van der Waals surface area contributed by atoms with Gasteiger partial charge in [-0.25, -0.2) is 4.79 Å². The van der Waals surface area contributed by atoms with Crippen LogP contribution in [0.1, 0.15) is 12.8 Å². The number of methoxy groups -OCH3 is 1. The molecule has 1 rings (SSSR count). The number of urea groups is 1. The second-order valence-electron chi connectivity index (χ2n) is 3.74. The van der Waals surface area contributed by atoms with Crippen LogP contribution in [0.5, 0.6) is 5.75 Å². The van der Waals surface area contributed by atoms with Crippen molar-refractivity contribution >= 4 is 39.5 Å². The van der Waals surface area contributed by atoms with Gasteiger partial charge in [-0.3, -0.25) is 14.9 Å². The Bertz CT molecular complexity index is 533. The van der Waals surface area contributed by atoms with Crippen molar-refractivity contribution in [2.24, 2.45) is 0 Å². The van der Waals surface area contributed by atoms with E-state index >= 15 is 0 Å². The third kappa shape index (κ3) is 5.27. The molecule has 3 N–H and O–H groups in total. The quantitative estimate of drug-likeness (QED) is 0.757. The molecule has 1 aromatic carbocycles. The second kappa shape index (κ2) is 7.49. The third-order valence-corrected chi connectivity index (χ3v) is 2.72. The first kappa shape index (κ1) is 16.0. The number of carbonyl (C=O) groups is 3. The summed E-state index contributed by atoms with van der Waals surface area (Å²) in [6.45, 7) is 0. The molecule has 0 unspecified atom stereocenters. The lowest BCUT2D eigenvalue weighted by Gasteiger charge is -2.10. The number of nitrogens with one attached hydrogen (secondary N) is 2. The van der Waals surface area contributed by atoms with Gasteiger partial charge in [-0.15, -0.1) is 0 Å². The molecule has 0 saturated carbocycles. The van der Waals surface area contributed by atoms with E-state index in [4.69, 9.17) is 9.84 Å². The molecule has 0 aliphatic carbocycles. The van der Waals surface area contributed by atoms with Gasteiger partial charge in [-0.05, 0) is 18.2 Å². The number of benzene rings is 1. The molecule has 0 spiro atoms. The van der Waals surface area contributed by atoms with E-state index in [2.05, 4.69) is 21.2 Å². The molecule has 1 aromatic rings. The maximum atomic E-state index is 11.6. The minimum atomic E-state index is -1.10. The number of aliphatic carboxylic acids is 1. The van der Waals surface area contributed by atoms with E-state index in [1.807, 2.05) is 5.32 Å². The van der Waals surface area contributed by atoms with Crippen molar-refractivity contribution in [2.75, 3.05) is 12.4 Å². The number of hydrogen-bond donors (Lipinski definition) is 3. The predicted molar refractivity (Wildman–Crippen MR) is 74.7 cm³/mol. The monoisotopic (exact) mass is 344 g/mol. The number of amides is 3. The van der Waals surface area contributed by atoms with Crippen molar-refractivity contribution < 1.29 is 24.2 Å². The van der Waals surface area contributed by atoms with Crippen molar-refractivity contribution in [1.82, 2.24) is 5.32 Å². The highest BCUT2D eigenvalue weighted by Gasteiger charge is 2.12. The van der Waals surface area contributed by atoms with Crippen molar-refractivity contribution in [1.29, 1.82) is 0 Å². The van der Waals surface area contributed by atoms with Crippen LogP contribution in [-0.4, -0.2) is 30.1 Å². The van der Waals surface area contributed by atoms with Gasteiger partial charge in [-0.2, -0.15) is 0 Å². The highest BCUT2D eigenvalue weighted by molar-refractivity contribution is 9.10. The first-order valence-corrected chi connectivity index (χ1v) is 6.38. The fraction of sp³-hybridized carbons (Fsp3) is 0.250. The normalized spacial score (nSPS) is 9.70. The minimum Gasteiger partial charge on any atom is -0.495 e. The van der Waals surface area contributed by atoms with E-state index < -0.39 is 17.9 Å². The maximum absolute atomic E-state index is 11.6. The van der Waals surface area contributed by atoms with Crippen LogP contribution in [0.4, 0.5) is 10.5 Å². The summed E-state index contributed by atoms with van der Waals surface area (Å²) >= 11 is 3.25. The molecule has 7 nitrogen and oxygen atoms in total. The Morgan fingerprint density at radius 3 is 2.60 bits per heavy atom. The number of anilines is 1. The van der Waals surface area contributed by atoms with Crippen molar-refractivity contribution in [3.63, 3.8) is 0 Å². The summed E-state index contributed by atoms with van der Waals surface area (Å²) in [6.07, 6.45) is -0.600. The molecule has 0 heterocycles. The number of ether oxygens (including phenoxy) is 1. The van der Waals surface area contributed by atoms with Gasteiger partial charge in [0.25, 0.3) is 0 Å². The van der Waals surface area contributed by atoms with E-state index in [1.54, 1.807) is 18.2 Å². The van der Waals surface area contributed by atoms with Gasteiger partial charge in [0.2, 0.25) is 5.91 Å². The van der Waals surface area contributed by atoms with E-state index in [0.717, 1.165) is 4.47 Å². The summed E-state index contributed by atoms with van der Waals surface area (Å²) < 4.78 is 5.79. The zero-order chi connectivity index (χ0) is 15.1. The van der Waals surface area contributed by atoms with Crippen LogP contribution in [0.25, 0.3) is 0 Å². The molecule has 0 fully saturated rings. The summed E-state index contributed by atoms with van der Waals surface area (Å²) in [5, 5.41) is 12.9. The molecule has 0 radical (unpaired) electrons. The Hall–Kier alpha value is -2.09. The average molecular weight is 345 g/mol. The van der Waals surface area contributed by atoms with Gasteiger partial charge < -0.3 is 15.2 Å². The minimum absolute atomic E-state index is 0.266. The molecular formula is C12H13BrN2O5. The van der Waals surface area contributed by atoms with Crippen LogP contribution < -0.4 is 15.4 Å². The summed E-state index contributed by atoms with van der Waals surface area (Å²) in [7, 11) is 1.45. The Morgan fingerprint density at radius 2 is 2.00 bits per heavy atom. The van der Waals surface area contributed by atoms with E-state index in [1.165, 1.54) is 7.11 Å². The van der Waals surface area contributed by atoms with E-state index in [-0.39, 0.29) is 12.8 Å². The Balaban J connectivity index is 2.60. The van der Waals surface area contributed by atoms with Gasteiger partial charge in [0.15, 0.2) is 0 Å². The van der Waals surface area contributed by atoms with Gasteiger partial charge in [-0.1, -0.05) is 15.9 Å².